The number of nitrogens with zero attached hydrogens (tertiary/aromatic N) is 2. The number of nitro groups is 1. The highest BCUT2D eigenvalue weighted by Gasteiger charge is 2.39. The van der Waals surface area contributed by atoms with Gasteiger partial charge in [-0.05, 0) is 36.8 Å². The zero-order valence-corrected chi connectivity index (χ0v) is 16.0. The SMILES string of the molecule is Cc1cc(N2C(=O)CSC2c2cc3c(cc2[N+](=O)[O-])OCO3)ccc1Br. The monoisotopic (exact) mass is 436 g/mol. The van der Waals surface area contributed by atoms with Crippen molar-refractivity contribution in [2.45, 2.75) is 12.3 Å². The summed E-state index contributed by atoms with van der Waals surface area (Å²) in [5.74, 6) is 0.970. The van der Waals surface area contributed by atoms with E-state index in [9.17, 15) is 14.9 Å². The first-order chi connectivity index (χ1) is 12.5. The number of anilines is 1. The topological polar surface area (TPSA) is 81.9 Å². The first-order valence-corrected chi connectivity index (χ1v) is 9.57. The maximum atomic E-state index is 12.5. The van der Waals surface area contributed by atoms with Crippen molar-refractivity contribution in [3.05, 3.63) is 56.0 Å². The standard InChI is InChI=1S/C17H13BrN2O5S/c1-9-4-10(2-3-12(9)18)19-16(21)7-26-17(19)11-5-14-15(25-8-24-14)6-13(11)20(22)23/h2-6,17H,7-8H2,1H3. The second-order valence-electron chi connectivity index (χ2n) is 5.88. The van der Waals surface area contributed by atoms with E-state index in [1.165, 1.54) is 17.8 Å². The third kappa shape index (κ3) is 2.80. The van der Waals surface area contributed by atoms with Crippen molar-refractivity contribution in [1.82, 2.24) is 0 Å². The van der Waals surface area contributed by atoms with E-state index >= 15 is 0 Å². The lowest BCUT2D eigenvalue weighted by Crippen LogP contribution is -2.28. The van der Waals surface area contributed by atoms with Gasteiger partial charge in [0.1, 0.15) is 5.37 Å². The van der Waals surface area contributed by atoms with Crippen LogP contribution in [0.25, 0.3) is 0 Å². The first kappa shape index (κ1) is 17.2. The normalized spacial score (nSPS) is 18.5. The third-order valence-corrected chi connectivity index (χ3v) is 6.36. The molecule has 0 radical (unpaired) electrons. The smallest absolute Gasteiger partial charge is 0.279 e. The molecule has 0 bridgehead atoms. The number of thioether (sulfide) groups is 1. The molecule has 0 aliphatic carbocycles. The number of halogens is 1. The number of hydrogen-bond acceptors (Lipinski definition) is 6. The Labute approximate surface area is 161 Å². The zero-order valence-electron chi connectivity index (χ0n) is 13.6. The predicted molar refractivity (Wildman–Crippen MR) is 101 cm³/mol. The average molecular weight is 437 g/mol. The molecule has 2 heterocycles. The van der Waals surface area contributed by atoms with E-state index in [4.69, 9.17) is 9.47 Å². The van der Waals surface area contributed by atoms with Crippen molar-refractivity contribution >= 4 is 45.0 Å². The molecule has 7 nitrogen and oxygen atoms in total. The molecule has 0 N–H and O–H groups in total. The van der Waals surface area contributed by atoms with Crippen LogP contribution in [-0.4, -0.2) is 23.4 Å². The van der Waals surface area contributed by atoms with Crippen LogP contribution in [0.3, 0.4) is 0 Å². The van der Waals surface area contributed by atoms with E-state index in [1.807, 2.05) is 25.1 Å². The van der Waals surface area contributed by atoms with Crippen LogP contribution in [0.5, 0.6) is 11.5 Å². The molecular weight excluding hydrogens is 424 g/mol. The molecule has 0 saturated carbocycles. The second kappa shape index (κ2) is 6.48. The molecule has 134 valence electrons. The Morgan fingerprint density at radius 2 is 2.00 bits per heavy atom. The van der Waals surface area contributed by atoms with Crippen molar-refractivity contribution in [1.29, 1.82) is 0 Å². The Balaban J connectivity index is 1.82. The van der Waals surface area contributed by atoms with E-state index in [2.05, 4.69) is 15.9 Å². The minimum atomic E-state index is -0.502. The lowest BCUT2D eigenvalue weighted by molar-refractivity contribution is -0.385. The van der Waals surface area contributed by atoms with Crippen LogP contribution in [0, 0.1) is 17.0 Å². The van der Waals surface area contributed by atoms with Gasteiger partial charge in [-0.3, -0.25) is 19.8 Å². The lowest BCUT2D eigenvalue weighted by atomic mass is 10.1. The molecule has 26 heavy (non-hydrogen) atoms. The molecule has 2 aliphatic heterocycles. The van der Waals surface area contributed by atoms with Gasteiger partial charge in [0.15, 0.2) is 11.5 Å². The summed E-state index contributed by atoms with van der Waals surface area (Å²) in [5.41, 5.74) is 2.03. The summed E-state index contributed by atoms with van der Waals surface area (Å²) in [6.07, 6.45) is 0. The van der Waals surface area contributed by atoms with Crippen LogP contribution in [0.2, 0.25) is 0 Å². The van der Waals surface area contributed by atoms with Gasteiger partial charge < -0.3 is 9.47 Å². The number of carbonyl (C=O) groups is 1. The van der Waals surface area contributed by atoms with Gasteiger partial charge in [-0.15, -0.1) is 11.8 Å². The minimum Gasteiger partial charge on any atom is -0.454 e. The number of nitro benzene ring substituents is 1. The summed E-state index contributed by atoms with van der Waals surface area (Å²) >= 11 is 4.81. The molecule has 0 spiro atoms. The third-order valence-electron chi connectivity index (χ3n) is 4.27. The van der Waals surface area contributed by atoms with Crippen LogP contribution in [-0.2, 0) is 4.79 Å². The fraction of sp³-hybridized carbons (Fsp3) is 0.235. The molecule has 4 rings (SSSR count). The zero-order chi connectivity index (χ0) is 18.4. The second-order valence-corrected chi connectivity index (χ2v) is 7.80. The van der Waals surface area contributed by atoms with Crippen LogP contribution in [0.4, 0.5) is 11.4 Å². The van der Waals surface area contributed by atoms with Crippen molar-refractivity contribution in [2.75, 3.05) is 17.4 Å². The van der Waals surface area contributed by atoms with E-state index < -0.39 is 10.3 Å². The van der Waals surface area contributed by atoms with E-state index in [0.717, 1.165) is 10.0 Å². The highest BCUT2D eigenvalue weighted by molar-refractivity contribution is 9.10. The fourth-order valence-corrected chi connectivity index (χ4v) is 4.46. The van der Waals surface area contributed by atoms with Gasteiger partial charge in [-0.25, -0.2) is 0 Å². The average Bonchev–Trinajstić information content (AvgIpc) is 3.22. The first-order valence-electron chi connectivity index (χ1n) is 7.73. The summed E-state index contributed by atoms with van der Waals surface area (Å²) < 4.78 is 11.6. The van der Waals surface area contributed by atoms with Crippen molar-refractivity contribution < 1.29 is 19.2 Å². The summed E-state index contributed by atoms with van der Waals surface area (Å²) in [6.45, 7) is 1.96. The lowest BCUT2D eigenvalue weighted by Gasteiger charge is -2.25. The van der Waals surface area contributed by atoms with E-state index in [1.54, 1.807) is 11.0 Å². The van der Waals surface area contributed by atoms with Gasteiger partial charge in [0.25, 0.3) is 5.69 Å². The minimum absolute atomic E-state index is 0.0301. The van der Waals surface area contributed by atoms with Crippen molar-refractivity contribution in [3.63, 3.8) is 0 Å². The molecule has 1 amide bonds. The molecule has 1 saturated heterocycles. The van der Waals surface area contributed by atoms with Gasteiger partial charge >= 0.3 is 0 Å². The summed E-state index contributed by atoms with van der Waals surface area (Å²) in [7, 11) is 0. The number of hydrogen-bond donors (Lipinski definition) is 0. The quantitative estimate of drug-likeness (QED) is 0.530. The molecule has 1 atom stereocenters. The van der Waals surface area contributed by atoms with Crippen molar-refractivity contribution in [3.8, 4) is 11.5 Å². The van der Waals surface area contributed by atoms with Crippen LogP contribution >= 0.6 is 27.7 Å². The number of ether oxygens (including phenoxy) is 2. The number of fused-ring (bicyclic) bond motifs is 1. The molecule has 0 aromatic heterocycles. The van der Waals surface area contributed by atoms with Gasteiger partial charge in [-0.1, -0.05) is 15.9 Å². The molecule has 2 aromatic rings. The maximum Gasteiger partial charge on any atom is 0.279 e. The maximum absolute atomic E-state index is 12.5. The van der Waals surface area contributed by atoms with Gasteiger partial charge in [-0.2, -0.15) is 0 Å². The number of rotatable bonds is 3. The molecule has 1 unspecified atom stereocenters. The van der Waals surface area contributed by atoms with Gasteiger partial charge in [0.05, 0.1) is 22.3 Å². The Kier molecular flexibility index (Phi) is 4.28. The molecule has 2 aromatic carbocycles. The van der Waals surface area contributed by atoms with E-state index in [0.29, 0.717) is 22.7 Å². The van der Waals surface area contributed by atoms with Crippen LogP contribution in [0.1, 0.15) is 16.5 Å². The summed E-state index contributed by atoms with van der Waals surface area (Å²) in [4.78, 5) is 25.3. The van der Waals surface area contributed by atoms with Crippen LogP contribution < -0.4 is 14.4 Å². The largest absolute Gasteiger partial charge is 0.454 e. The molecule has 1 fully saturated rings. The Bertz CT molecular complexity index is 936. The summed E-state index contributed by atoms with van der Waals surface area (Å²) in [6, 6.07) is 8.56. The van der Waals surface area contributed by atoms with Crippen molar-refractivity contribution in [2.24, 2.45) is 0 Å². The molecule has 2 aliphatic rings. The highest BCUT2D eigenvalue weighted by atomic mass is 79.9. The van der Waals surface area contributed by atoms with Gasteiger partial charge in [0, 0.05) is 10.2 Å². The number of carbonyl (C=O) groups excluding carboxylic acids is 1. The predicted octanol–water partition coefficient (Wildman–Crippen LogP) is 4.17. The summed E-state index contributed by atoms with van der Waals surface area (Å²) in [5, 5.41) is 11.1. The Morgan fingerprint density at radius 3 is 2.69 bits per heavy atom. The number of benzene rings is 2. The highest BCUT2D eigenvalue weighted by Crippen LogP contribution is 2.48. The molecule has 9 heteroatoms. The van der Waals surface area contributed by atoms with E-state index in [-0.39, 0.29) is 24.1 Å². The Hall–Kier alpha value is -2.26. The van der Waals surface area contributed by atoms with Crippen LogP contribution in [0.15, 0.2) is 34.8 Å². The van der Waals surface area contributed by atoms with Gasteiger partial charge in [0.2, 0.25) is 12.7 Å². The molecular formula is C17H13BrN2O5S. The number of aryl methyl sites for hydroxylation is 1. The number of amides is 1. The fourth-order valence-electron chi connectivity index (χ4n) is 3.01. The Morgan fingerprint density at radius 1 is 1.27 bits per heavy atom.